The molecule has 2 N–H and O–H groups in total. The minimum atomic E-state index is -0.432. The summed E-state index contributed by atoms with van der Waals surface area (Å²) in [6, 6.07) is 12.3. The molecule has 0 saturated heterocycles. The molecule has 2 amide bonds. The van der Waals surface area contributed by atoms with Crippen molar-refractivity contribution in [1.82, 2.24) is 25.5 Å². The number of aromatic nitrogens is 4. The van der Waals surface area contributed by atoms with Crippen LogP contribution in [0.15, 0.2) is 48.5 Å². The molecular weight excluding hydrogens is 327 g/mol. The lowest BCUT2D eigenvalue weighted by atomic mass is 10.3. The van der Waals surface area contributed by atoms with Crippen LogP contribution in [0.5, 0.6) is 5.75 Å². The van der Waals surface area contributed by atoms with Crippen LogP contribution in [0.25, 0.3) is 5.69 Å². The van der Waals surface area contributed by atoms with Crippen LogP contribution in [0.1, 0.15) is 5.82 Å². The molecule has 0 radical (unpaired) electrons. The summed E-state index contributed by atoms with van der Waals surface area (Å²) in [4.78, 5) is 12.1. The Labute approximate surface area is 142 Å². The predicted octanol–water partition coefficient (Wildman–Crippen LogP) is 2.13. The number of nitrogens with one attached hydrogen (secondary N) is 2. The smallest absolute Gasteiger partial charge is 0.319 e. The number of nitrogens with zero attached hydrogens (tertiary/aromatic N) is 4. The van der Waals surface area contributed by atoms with Gasteiger partial charge in [-0.1, -0.05) is 12.1 Å². The summed E-state index contributed by atoms with van der Waals surface area (Å²) in [7, 11) is 1.52. The molecule has 3 aromatic rings. The van der Waals surface area contributed by atoms with E-state index in [1.54, 1.807) is 36.4 Å². The van der Waals surface area contributed by atoms with Crippen molar-refractivity contribution in [2.75, 3.05) is 12.4 Å². The average Bonchev–Trinajstić information content (AvgIpc) is 3.09. The first-order valence-electron chi connectivity index (χ1n) is 7.38. The molecule has 0 bridgehead atoms. The van der Waals surface area contributed by atoms with Crippen molar-refractivity contribution in [3.05, 3.63) is 60.2 Å². The van der Waals surface area contributed by atoms with Crippen molar-refractivity contribution in [3.63, 3.8) is 0 Å². The largest absolute Gasteiger partial charge is 0.495 e. The molecule has 1 heterocycles. The van der Waals surface area contributed by atoms with Gasteiger partial charge < -0.3 is 15.4 Å². The zero-order chi connectivity index (χ0) is 17.6. The van der Waals surface area contributed by atoms with Crippen molar-refractivity contribution in [2.24, 2.45) is 0 Å². The van der Waals surface area contributed by atoms with Gasteiger partial charge in [-0.15, -0.1) is 5.10 Å². The number of para-hydroxylation sites is 2. The second kappa shape index (κ2) is 7.39. The van der Waals surface area contributed by atoms with E-state index in [-0.39, 0.29) is 12.4 Å². The molecule has 8 nitrogen and oxygen atoms in total. The SMILES string of the molecule is COc1ccccc1NC(=O)NCc1nnnn1-c1ccc(F)cc1. The number of hydrogen-bond donors (Lipinski definition) is 2. The number of ether oxygens (including phenoxy) is 1. The summed E-state index contributed by atoms with van der Waals surface area (Å²) in [5, 5.41) is 16.7. The van der Waals surface area contributed by atoms with Crippen LogP contribution in [0.3, 0.4) is 0 Å². The lowest BCUT2D eigenvalue weighted by Crippen LogP contribution is -2.29. The lowest BCUT2D eigenvalue weighted by Gasteiger charge is -2.11. The predicted molar refractivity (Wildman–Crippen MR) is 88.0 cm³/mol. The van der Waals surface area contributed by atoms with E-state index >= 15 is 0 Å². The number of rotatable bonds is 5. The Morgan fingerprint density at radius 1 is 1.20 bits per heavy atom. The highest BCUT2D eigenvalue weighted by Gasteiger charge is 2.11. The van der Waals surface area contributed by atoms with E-state index in [9.17, 15) is 9.18 Å². The number of halogens is 1. The minimum absolute atomic E-state index is 0.0886. The fourth-order valence-corrected chi connectivity index (χ4v) is 2.17. The minimum Gasteiger partial charge on any atom is -0.495 e. The molecule has 25 heavy (non-hydrogen) atoms. The summed E-state index contributed by atoms with van der Waals surface area (Å²) in [6.07, 6.45) is 0. The third kappa shape index (κ3) is 3.89. The first kappa shape index (κ1) is 16.4. The first-order chi connectivity index (χ1) is 12.2. The fourth-order valence-electron chi connectivity index (χ4n) is 2.17. The van der Waals surface area contributed by atoms with Crippen LogP contribution in [0, 0.1) is 5.82 Å². The molecule has 0 saturated carbocycles. The molecule has 0 spiro atoms. The van der Waals surface area contributed by atoms with Crippen LogP contribution >= 0.6 is 0 Å². The van der Waals surface area contributed by atoms with Gasteiger partial charge in [0.15, 0.2) is 5.82 Å². The number of methoxy groups -OCH3 is 1. The van der Waals surface area contributed by atoms with Crippen molar-refractivity contribution in [1.29, 1.82) is 0 Å². The summed E-state index contributed by atoms with van der Waals surface area (Å²) >= 11 is 0. The van der Waals surface area contributed by atoms with E-state index < -0.39 is 6.03 Å². The number of anilines is 1. The molecule has 0 aliphatic heterocycles. The number of benzene rings is 2. The summed E-state index contributed by atoms with van der Waals surface area (Å²) < 4.78 is 19.6. The van der Waals surface area contributed by atoms with Crippen LogP contribution < -0.4 is 15.4 Å². The Morgan fingerprint density at radius 3 is 2.72 bits per heavy atom. The molecule has 2 aromatic carbocycles. The highest BCUT2D eigenvalue weighted by molar-refractivity contribution is 5.90. The van der Waals surface area contributed by atoms with Gasteiger partial charge in [-0.05, 0) is 46.8 Å². The highest BCUT2D eigenvalue weighted by atomic mass is 19.1. The molecule has 0 aliphatic carbocycles. The van der Waals surface area contributed by atoms with Gasteiger partial charge in [-0.3, -0.25) is 0 Å². The van der Waals surface area contributed by atoms with E-state index in [4.69, 9.17) is 4.74 Å². The van der Waals surface area contributed by atoms with Gasteiger partial charge in [0.25, 0.3) is 0 Å². The fraction of sp³-hybridized carbons (Fsp3) is 0.125. The molecule has 0 unspecified atom stereocenters. The third-order valence-corrected chi connectivity index (χ3v) is 3.37. The monoisotopic (exact) mass is 342 g/mol. The third-order valence-electron chi connectivity index (χ3n) is 3.37. The Morgan fingerprint density at radius 2 is 1.96 bits per heavy atom. The van der Waals surface area contributed by atoms with E-state index in [0.29, 0.717) is 22.9 Å². The van der Waals surface area contributed by atoms with Gasteiger partial charge in [0, 0.05) is 0 Å². The molecule has 0 fully saturated rings. The van der Waals surface area contributed by atoms with Crippen LogP contribution in [0.2, 0.25) is 0 Å². The number of amides is 2. The van der Waals surface area contributed by atoms with E-state index in [1.165, 1.54) is 23.9 Å². The van der Waals surface area contributed by atoms with Gasteiger partial charge in [0.1, 0.15) is 11.6 Å². The molecule has 3 rings (SSSR count). The summed E-state index contributed by atoms with van der Waals surface area (Å²) in [5.74, 6) is 0.600. The molecule has 128 valence electrons. The second-order valence-corrected chi connectivity index (χ2v) is 4.99. The van der Waals surface area contributed by atoms with Crippen molar-refractivity contribution in [3.8, 4) is 11.4 Å². The quantitative estimate of drug-likeness (QED) is 0.741. The van der Waals surface area contributed by atoms with Gasteiger partial charge in [0.05, 0.1) is 25.0 Å². The maximum atomic E-state index is 13.0. The molecule has 9 heteroatoms. The normalized spacial score (nSPS) is 10.3. The Kier molecular flexibility index (Phi) is 4.84. The first-order valence-corrected chi connectivity index (χ1v) is 7.38. The zero-order valence-corrected chi connectivity index (χ0v) is 13.3. The van der Waals surface area contributed by atoms with E-state index in [2.05, 4.69) is 26.2 Å². The van der Waals surface area contributed by atoms with Gasteiger partial charge in [-0.25, -0.2) is 9.18 Å². The van der Waals surface area contributed by atoms with Crippen molar-refractivity contribution in [2.45, 2.75) is 6.54 Å². The van der Waals surface area contributed by atoms with Crippen molar-refractivity contribution >= 4 is 11.7 Å². The molecule has 0 aliphatic rings. The van der Waals surface area contributed by atoms with Crippen molar-refractivity contribution < 1.29 is 13.9 Å². The molecular formula is C16H15FN6O2. The average molecular weight is 342 g/mol. The maximum absolute atomic E-state index is 13.0. The molecule has 1 aromatic heterocycles. The second-order valence-electron chi connectivity index (χ2n) is 4.99. The number of carbonyl (C=O) groups is 1. The van der Waals surface area contributed by atoms with Crippen LogP contribution in [-0.2, 0) is 6.54 Å². The maximum Gasteiger partial charge on any atom is 0.319 e. The van der Waals surface area contributed by atoms with E-state index in [0.717, 1.165) is 0 Å². The topological polar surface area (TPSA) is 94.0 Å². The number of carbonyl (C=O) groups excluding carboxylic acids is 1. The number of urea groups is 1. The Hall–Kier alpha value is -3.49. The Balaban J connectivity index is 1.65. The molecule has 0 atom stereocenters. The van der Waals surface area contributed by atoms with Crippen LogP contribution in [0.4, 0.5) is 14.9 Å². The lowest BCUT2D eigenvalue weighted by molar-refractivity contribution is 0.251. The highest BCUT2D eigenvalue weighted by Crippen LogP contribution is 2.22. The van der Waals surface area contributed by atoms with Gasteiger partial charge in [-0.2, -0.15) is 4.68 Å². The van der Waals surface area contributed by atoms with E-state index in [1.807, 2.05) is 0 Å². The number of hydrogen-bond acceptors (Lipinski definition) is 5. The summed E-state index contributed by atoms with van der Waals surface area (Å²) in [6.45, 7) is 0.0886. The Bertz CT molecular complexity index is 865. The zero-order valence-electron chi connectivity index (χ0n) is 13.3. The van der Waals surface area contributed by atoms with Crippen LogP contribution in [-0.4, -0.2) is 33.3 Å². The standard InChI is InChI=1S/C16H15FN6O2/c1-25-14-5-3-2-4-13(14)19-16(24)18-10-15-20-21-22-23(15)12-8-6-11(17)7-9-12/h2-9H,10H2,1H3,(H2,18,19,24). The van der Waals surface area contributed by atoms with Gasteiger partial charge >= 0.3 is 6.03 Å². The van der Waals surface area contributed by atoms with Gasteiger partial charge in [0.2, 0.25) is 0 Å². The number of tetrazole rings is 1. The summed E-state index contributed by atoms with van der Waals surface area (Å²) in [5.41, 5.74) is 1.13.